The topological polar surface area (TPSA) is 71.4 Å². The molecule has 3 fully saturated rings. The molecule has 2 N–H and O–H groups in total. The minimum atomic E-state index is -0.257. The van der Waals surface area contributed by atoms with Crippen molar-refractivity contribution >= 4 is 16.9 Å². The Balaban J connectivity index is 1.22. The Morgan fingerprint density at radius 2 is 2.13 bits per heavy atom. The maximum atomic E-state index is 13.5. The maximum Gasteiger partial charge on any atom is 0.227 e. The third kappa shape index (κ3) is 3.99. The van der Waals surface area contributed by atoms with Gasteiger partial charge in [0.1, 0.15) is 5.82 Å². The van der Waals surface area contributed by atoms with E-state index in [-0.39, 0.29) is 11.3 Å². The molecule has 168 valence electrons. The van der Waals surface area contributed by atoms with Gasteiger partial charge in [0.05, 0.1) is 29.7 Å². The number of morpholine rings is 1. The van der Waals surface area contributed by atoms with Gasteiger partial charge < -0.3 is 19.9 Å². The Morgan fingerprint density at radius 1 is 1.29 bits per heavy atom. The number of benzene rings is 1. The van der Waals surface area contributed by atoms with Crippen molar-refractivity contribution in [2.75, 3.05) is 45.9 Å². The van der Waals surface area contributed by atoms with Gasteiger partial charge in [-0.25, -0.2) is 4.98 Å². The molecule has 3 heterocycles. The highest BCUT2D eigenvalue weighted by Gasteiger charge is 2.50. The third-order valence-electron chi connectivity index (χ3n) is 7.90. The van der Waals surface area contributed by atoms with Crippen LogP contribution in [0.2, 0.25) is 0 Å². The average Bonchev–Trinajstić information content (AvgIpc) is 3.14. The second-order valence-electron chi connectivity index (χ2n) is 9.48. The molecule has 7 heteroatoms. The predicted molar refractivity (Wildman–Crippen MR) is 121 cm³/mol. The number of aromatic nitrogens is 2. The van der Waals surface area contributed by atoms with E-state index in [1.54, 1.807) is 0 Å². The van der Waals surface area contributed by atoms with Gasteiger partial charge in [0.15, 0.2) is 0 Å². The number of hydrogen-bond acceptors (Lipinski definition) is 5. The highest BCUT2D eigenvalue weighted by Crippen LogP contribution is 2.46. The van der Waals surface area contributed by atoms with Crippen LogP contribution in [0, 0.1) is 11.3 Å². The van der Waals surface area contributed by atoms with Crippen molar-refractivity contribution in [3.8, 4) is 0 Å². The summed E-state index contributed by atoms with van der Waals surface area (Å²) < 4.78 is 7.68. The van der Waals surface area contributed by atoms with Crippen LogP contribution < -0.4 is 10.6 Å². The highest BCUT2D eigenvalue weighted by molar-refractivity contribution is 5.83. The number of carbonyl (C=O) groups is 1. The van der Waals surface area contributed by atoms with E-state index in [1.165, 1.54) is 0 Å². The number of carbonyl (C=O) groups excluding carboxylic acids is 1. The van der Waals surface area contributed by atoms with Crippen LogP contribution in [0.5, 0.6) is 0 Å². The summed E-state index contributed by atoms with van der Waals surface area (Å²) in [5, 5.41) is 6.82. The van der Waals surface area contributed by atoms with Gasteiger partial charge in [-0.15, -0.1) is 0 Å². The van der Waals surface area contributed by atoms with Crippen LogP contribution in [0.15, 0.2) is 24.3 Å². The number of piperidine rings is 1. The van der Waals surface area contributed by atoms with Crippen molar-refractivity contribution in [2.24, 2.45) is 18.4 Å². The first-order valence-corrected chi connectivity index (χ1v) is 11.9. The van der Waals surface area contributed by atoms with Gasteiger partial charge in [-0.05, 0) is 50.3 Å². The smallest absolute Gasteiger partial charge is 0.227 e. The number of amides is 1. The molecule has 7 nitrogen and oxygen atoms in total. The first-order chi connectivity index (χ1) is 15.2. The van der Waals surface area contributed by atoms with Crippen molar-refractivity contribution < 1.29 is 9.53 Å². The van der Waals surface area contributed by atoms with Gasteiger partial charge in [-0.1, -0.05) is 12.1 Å². The highest BCUT2D eigenvalue weighted by atomic mass is 16.5. The van der Waals surface area contributed by atoms with E-state index in [1.807, 2.05) is 18.2 Å². The van der Waals surface area contributed by atoms with E-state index < -0.39 is 0 Å². The number of para-hydroxylation sites is 2. The number of hydrogen-bond donors (Lipinski definition) is 2. The van der Waals surface area contributed by atoms with Crippen molar-refractivity contribution in [1.82, 2.24) is 25.1 Å². The molecule has 0 bridgehead atoms. The van der Waals surface area contributed by atoms with Gasteiger partial charge in [0.2, 0.25) is 5.91 Å². The summed E-state index contributed by atoms with van der Waals surface area (Å²) in [6.45, 7) is 6.23. The molecule has 3 atom stereocenters. The predicted octanol–water partition coefficient (Wildman–Crippen LogP) is 1.71. The lowest BCUT2D eigenvalue weighted by molar-refractivity contribution is -0.140. The van der Waals surface area contributed by atoms with Gasteiger partial charge >= 0.3 is 0 Å². The summed E-state index contributed by atoms with van der Waals surface area (Å²) >= 11 is 0. The first kappa shape index (κ1) is 20.9. The summed E-state index contributed by atoms with van der Waals surface area (Å²) in [6, 6.07) is 8.80. The second kappa shape index (κ2) is 8.88. The second-order valence-corrected chi connectivity index (χ2v) is 9.48. The number of nitrogens with zero attached hydrogens (tertiary/aromatic N) is 3. The monoisotopic (exact) mass is 425 g/mol. The van der Waals surface area contributed by atoms with Crippen molar-refractivity contribution in [1.29, 1.82) is 0 Å². The van der Waals surface area contributed by atoms with Crippen molar-refractivity contribution in [3.63, 3.8) is 0 Å². The number of fused-ring (bicyclic) bond motifs is 2. The molecule has 2 aromatic rings. The zero-order valence-electron chi connectivity index (χ0n) is 18.6. The third-order valence-corrected chi connectivity index (χ3v) is 7.90. The zero-order chi connectivity index (χ0) is 21.3. The number of nitrogens with one attached hydrogen (secondary N) is 2. The molecule has 0 radical (unpaired) electrons. The Morgan fingerprint density at radius 3 is 2.97 bits per heavy atom. The lowest BCUT2D eigenvalue weighted by atomic mass is 9.61. The van der Waals surface area contributed by atoms with Crippen LogP contribution >= 0.6 is 0 Å². The summed E-state index contributed by atoms with van der Waals surface area (Å²) in [5.41, 5.74) is 1.90. The van der Waals surface area contributed by atoms with E-state index in [4.69, 9.17) is 9.72 Å². The number of rotatable bonds is 5. The van der Waals surface area contributed by atoms with Gasteiger partial charge in [0, 0.05) is 45.7 Å². The molecule has 31 heavy (non-hydrogen) atoms. The van der Waals surface area contributed by atoms with Gasteiger partial charge in [-0.3, -0.25) is 9.69 Å². The quantitative estimate of drug-likeness (QED) is 0.763. The Hall–Kier alpha value is -1.96. The van der Waals surface area contributed by atoms with E-state index >= 15 is 0 Å². The normalized spacial score (nSPS) is 29.6. The molecular formula is C24H35N5O2. The molecule has 1 amide bonds. The summed E-state index contributed by atoms with van der Waals surface area (Å²) in [7, 11) is 2.05. The minimum absolute atomic E-state index is 0.240. The average molecular weight is 426 g/mol. The number of imidazole rings is 1. The Kier molecular flexibility index (Phi) is 5.99. The molecule has 1 saturated carbocycles. The van der Waals surface area contributed by atoms with Crippen LogP contribution in [0.4, 0.5) is 0 Å². The molecule has 1 aliphatic carbocycles. The van der Waals surface area contributed by atoms with E-state index in [9.17, 15) is 4.79 Å². The Bertz CT molecular complexity index is 922. The molecule has 0 unspecified atom stereocenters. The molecule has 1 aromatic carbocycles. The van der Waals surface area contributed by atoms with Gasteiger partial charge in [0.25, 0.3) is 0 Å². The molecular weight excluding hydrogens is 390 g/mol. The lowest BCUT2D eigenvalue weighted by Gasteiger charge is -2.50. The van der Waals surface area contributed by atoms with Crippen molar-refractivity contribution in [2.45, 2.75) is 38.1 Å². The van der Waals surface area contributed by atoms with Crippen molar-refractivity contribution in [3.05, 3.63) is 30.1 Å². The molecule has 2 saturated heterocycles. The standard InChI is InChI=1S/C24H35N5O2/c1-28-21-5-3-2-4-20(21)27-22(28)8-11-26-23(30)24-9-6-19(29-12-14-31-15-13-29)16-18(24)7-10-25-17-24/h2-5,18-19,25H,6-17H2,1H3,(H,26,30)/t18-,19-,24-/m1/s1. The number of aryl methyl sites for hydroxylation is 1. The molecule has 5 rings (SSSR count). The lowest BCUT2D eigenvalue weighted by Crippen LogP contribution is -2.60. The van der Waals surface area contributed by atoms with E-state index in [0.29, 0.717) is 18.5 Å². The number of ether oxygens (including phenoxy) is 1. The Labute approximate surface area is 184 Å². The van der Waals surface area contributed by atoms with Crippen LogP contribution in [0.25, 0.3) is 11.0 Å². The SMILES string of the molecule is Cn1c(CCNC(=O)[C@@]23CC[C@@H](N4CCOCC4)C[C@H]2CCNC3)nc2ccccc21. The summed E-state index contributed by atoms with van der Waals surface area (Å²) in [6.07, 6.45) is 5.07. The fourth-order valence-corrected chi connectivity index (χ4v) is 6.05. The molecule has 0 spiro atoms. The maximum absolute atomic E-state index is 13.5. The largest absolute Gasteiger partial charge is 0.379 e. The fourth-order valence-electron chi connectivity index (χ4n) is 6.05. The van der Waals surface area contributed by atoms with Crippen LogP contribution in [-0.4, -0.2) is 72.3 Å². The fraction of sp³-hybridized carbons (Fsp3) is 0.667. The zero-order valence-corrected chi connectivity index (χ0v) is 18.6. The molecule has 2 aliphatic heterocycles. The van der Waals surface area contributed by atoms with Crippen LogP contribution in [-0.2, 0) is 23.0 Å². The summed E-state index contributed by atoms with van der Waals surface area (Å²) in [4.78, 5) is 20.8. The minimum Gasteiger partial charge on any atom is -0.379 e. The first-order valence-electron chi connectivity index (χ1n) is 11.9. The van der Waals surface area contributed by atoms with E-state index in [2.05, 4.69) is 33.2 Å². The van der Waals surface area contributed by atoms with Gasteiger partial charge in [-0.2, -0.15) is 0 Å². The van der Waals surface area contributed by atoms with E-state index in [0.717, 1.165) is 88.4 Å². The van der Waals surface area contributed by atoms with Crippen LogP contribution in [0.3, 0.4) is 0 Å². The van der Waals surface area contributed by atoms with Crippen LogP contribution in [0.1, 0.15) is 31.5 Å². The summed E-state index contributed by atoms with van der Waals surface area (Å²) in [5.74, 6) is 1.73. The molecule has 1 aromatic heterocycles. The molecule has 3 aliphatic rings.